The summed E-state index contributed by atoms with van der Waals surface area (Å²) in [5.74, 6) is 0. The van der Waals surface area contributed by atoms with E-state index in [9.17, 15) is 8.42 Å². The van der Waals surface area contributed by atoms with Crippen LogP contribution in [0.25, 0.3) is 0 Å². The minimum absolute atomic E-state index is 0.0684. The Morgan fingerprint density at radius 2 is 1.90 bits per heavy atom. The van der Waals surface area contributed by atoms with E-state index in [2.05, 4.69) is 9.71 Å². The van der Waals surface area contributed by atoms with Crippen molar-refractivity contribution in [3.63, 3.8) is 0 Å². The van der Waals surface area contributed by atoms with Crippen LogP contribution in [0.5, 0.6) is 0 Å². The number of aromatic nitrogens is 1. The molecule has 0 atom stereocenters. The van der Waals surface area contributed by atoms with Gasteiger partial charge in [-0.2, -0.15) is 0 Å². The average Bonchev–Trinajstić information content (AvgIpc) is 2.41. The van der Waals surface area contributed by atoms with Crippen LogP contribution in [0.3, 0.4) is 0 Å². The lowest BCUT2D eigenvalue weighted by Crippen LogP contribution is -2.15. The van der Waals surface area contributed by atoms with Crippen LogP contribution in [0.1, 0.15) is 5.56 Å². The third kappa shape index (κ3) is 3.65. The number of benzene rings is 1. The van der Waals surface area contributed by atoms with Gasteiger partial charge in [-0.25, -0.2) is 13.4 Å². The van der Waals surface area contributed by atoms with E-state index in [1.165, 1.54) is 18.3 Å². The van der Waals surface area contributed by atoms with Crippen LogP contribution in [0.2, 0.25) is 5.15 Å². The topological polar surface area (TPSA) is 62.3 Å². The molecule has 0 radical (unpaired) electrons. The van der Waals surface area contributed by atoms with Crippen molar-refractivity contribution in [2.24, 2.45) is 0 Å². The van der Waals surface area contributed by atoms with Crippen molar-refractivity contribution < 1.29 is 8.42 Å². The van der Waals surface area contributed by atoms with Crippen molar-refractivity contribution in [1.29, 1.82) is 0 Å². The number of hydrogen-bond donors (Lipinski definition) is 1. The highest BCUT2D eigenvalue weighted by Gasteiger charge is 2.15. The molecule has 1 N–H and O–H groups in total. The van der Waals surface area contributed by atoms with Gasteiger partial charge in [0.1, 0.15) is 10.0 Å². The van der Waals surface area contributed by atoms with Gasteiger partial charge in [-0.1, -0.05) is 17.7 Å². The molecular formula is C14H16ClN3O2S. The molecule has 1 aromatic carbocycles. The third-order valence-corrected chi connectivity index (χ3v) is 4.54. The Morgan fingerprint density at radius 3 is 2.48 bits per heavy atom. The van der Waals surface area contributed by atoms with Crippen LogP contribution in [-0.4, -0.2) is 27.5 Å². The lowest BCUT2D eigenvalue weighted by Gasteiger charge is -2.17. The predicted molar refractivity (Wildman–Crippen MR) is 85.6 cm³/mol. The van der Waals surface area contributed by atoms with Gasteiger partial charge < -0.3 is 4.90 Å². The third-order valence-electron chi connectivity index (χ3n) is 2.95. The molecule has 0 bridgehead atoms. The molecule has 0 unspecified atom stereocenters. The van der Waals surface area contributed by atoms with Gasteiger partial charge >= 0.3 is 0 Å². The molecule has 0 fully saturated rings. The summed E-state index contributed by atoms with van der Waals surface area (Å²) in [5, 5.41) is 0.249. The summed E-state index contributed by atoms with van der Waals surface area (Å²) in [6.07, 6.45) is 1.23. The van der Waals surface area contributed by atoms with E-state index < -0.39 is 10.0 Å². The lowest BCUT2D eigenvalue weighted by atomic mass is 10.2. The summed E-state index contributed by atoms with van der Waals surface area (Å²) in [6.45, 7) is 1.97. The number of nitrogens with one attached hydrogen (secondary N) is 1. The second-order valence-electron chi connectivity index (χ2n) is 4.82. The smallest absolute Gasteiger partial charge is 0.263 e. The van der Waals surface area contributed by atoms with Crippen LogP contribution in [-0.2, 0) is 10.0 Å². The van der Waals surface area contributed by atoms with Gasteiger partial charge in [0.2, 0.25) is 0 Å². The zero-order valence-corrected chi connectivity index (χ0v) is 13.5. The molecule has 0 amide bonds. The summed E-state index contributed by atoms with van der Waals surface area (Å²) in [4.78, 5) is 5.78. The minimum atomic E-state index is -3.68. The SMILES string of the molecule is Cc1ccc(NS(=O)(=O)c2ccc(Cl)nc2)cc1N(C)C. The maximum atomic E-state index is 12.3. The van der Waals surface area contributed by atoms with E-state index in [-0.39, 0.29) is 10.0 Å². The van der Waals surface area contributed by atoms with Crippen LogP contribution >= 0.6 is 11.6 Å². The number of anilines is 2. The molecule has 0 aliphatic heterocycles. The molecule has 7 heteroatoms. The standard InChI is InChI=1S/C14H16ClN3O2S/c1-10-4-5-11(8-13(10)18(2)3)17-21(19,20)12-6-7-14(15)16-9-12/h4-9,17H,1-3H3. The molecular weight excluding hydrogens is 310 g/mol. The van der Waals surface area contributed by atoms with Crippen LogP contribution in [0.4, 0.5) is 11.4 Å². The van der Waals surface area contributed by atoms with Gasteiger partial charge in [0.05, 0.1) is 5.69 Å². The minimum Gasteiger partial charge on any atom is -0.377 e. The highest BCUT2D eigenvalue weighted by Crippen LogP contribution is 2.24. The Hall–Kier alpha value is -1.79. The fraction of sp³-hybridized carbons (Fsp3) is 0.214. The molecule has 1 aromatic heterocycles. The molecule has 0 spiro atoms. The maximum Gasteiger partial charge on any atom is 0.263 e. The number of aryl methyl sites for hydroxylation is 1. The van der Waals surface area contributed by atoms with Gasteiger partial charge in [-0.15, -0.1) is 0 Å². The second-order valence-corrected chi connectivity index (χ2v) is 6.89. The molecule has 0 saturated carbocycles. The monoisotopic (exact) mass is 325 g/mol. The molecule has 2 aromatic rings. The number of pyridine rings is 1. The molecule has 21 heavy (non-hydrogen) atoms. The molecule has 2 rings (SSSR count). The highest BCUT2D eigenvalue weighted by molar-refractivity contribution is 7.92. The van der Waals surface area contributed by atoms with E-state index in [0.29, 0.717) is 5.69 Å². The fourth-order valence-electron chi connectivity index (χ4n) is 1.89. The van der Waals surface area contributed by atoms with Crippen molar-refractivity contribution >= 4 is 33.0 Å². The van der Waals surface area contributed by atoms with Gasteiger partial charge in [-0.05, 0) is 36.8 Å². The number of halogens is 1. The van der Waals surface area contributed by atoms with Crippen LogP contribution in [0, 0.1) is 6.92 Å². The zero-order valence-electron chi connectivity index (χ0n) is 12.0. The first-order chi connectivity index (χ1) is 9.79. The quantitative estimate of drug-likeness (QED) is 0.878. The van der Waals surface area contributed by atoms with Gasteiger partial charge in [-0.3, -0.25) is 4.72 Å². The summed E-state index contributed by atoms with van der Waals surface area (Å²) in [7, 11) is 0.138. The van der Waals surface area contributed by atoms with Crippen molar-refractivity contribution in [3.8, 4) is 0 Å². The Morgan fingerprint density at radius 1 is 1.19 bits per heavy atom. The van der Waals surface area contributed by atoms with Crippen molar-refractivity contribution in [1.82, 2.24) is 4.98 Å². The lowest BCUT2D eigenvalue weighted by molar-refractivity contribution is 0.601. The molecule has 1 heterocycles. The number of hydrogen-bond acceptors (Lipinski definition) is 4. The molecule has 0 aliphatic carbocycles. The van der Waals surface area contributed by atoms with Crippen molar-refractivity contribution in [3.05, 3.63) is 47.2 Å². The predicted octanol–water partition coefficient (Wildman–Crippen LogP) is 2.91. The summed E-state index contributed by atoms with van der Waals surface area (Å²) in [5.41, 5.74) is 2.51. The molecule has 112 valence electrons. The Labute approximate surface area is 129 Å². The first-order valence-electron chi connectivity index (χ1n) is 6.22. The summed E-state index contributed by atoms with van der Waals surface area (Å²) < 4.78 is 27.1. The maximum absolute atomic E-state index is 12.3. The van der Waals surface area contributed by atoms with Gasteiger partial charge in [0, 0.05) is 26.0 Å². The Kier molecular flexibility index (Phi) is 4.39. The fourth-order valence-corrected chi connectivity index (χ4v) is 3.00. The van der Waals surface area contributed by atoms with Crippen molar-refractivity contribution in [2.45, 2.75) is 11.8 Å². The van der Waals surface area contributed by atoms with Crippen LogP contribution < -0.4 is 9.62 Å². The Balaban J connectivity index is 2.33. The number of rotatable bonds is 4. The van der Waals surface area contributed by atoms with E-state index >= 15 is 0 Å². The van der Waals surface area contributed by atoms with E-state index in [1.807, 2.05) is 32.0 Å². The second kappa shape index (κ2) is 5.91. The summed E-state index contributed by atoms with van der Waals surface area (Å²) in [6, 6.07) is 8.24. The van der Waals surface area contributed by atoms with Gasteiger partial charge in [0.25, 0.3) is 10.0 Å². The number of nitrogens with zero attached hydrogens (tertiary/aromatic N) is 2. The summed E-state index contributed by atoms with van der Waals surface area (Å²) >= 11 is 5.66. The number of sulfonamides is 1. The van der Waals surface area contributed by atoms with Crippen LogP contribution in [0.15, 0.2) is 41.4 Å². The zero-order chi connectivity index (χ0) is 15.6. The molecule has 0 saturated heterocycles. The molecule has 5 nitrogen and oxygen atoms in total. The molecule has 0 aliphatic rings. The first kappa shape index (κ1) is 15.6. The van der Waals surface area contributed by atoms with E-state index in [0.717, 1.165) is 11.3 Å². The largest absolute Gasteiger partial charge is 0.377 e. The van der Waals surface area contributed by atoms with Crippen molar-refractivity contribution in [2.75, 3.05) is 23.7 Å². The highest BCUT2D eigenvalue weighted by atomic mass is 35.5. The average molecular weight is 326 g/mol. The van der Waals surface area contributed by atoms with Gasteiger partial charge in [0.15, 0.2) is 0 Å². The normalized spacial score (nSPS) is 11.2. The van der Waals surface area contributed by atoms with E-state index in [1.54, 1.807) is 12.1 Å². The van der Waals surface area contributed by atoms with E-state index in [4.69, 9.17) is 11.6 Å². The first-order valence-corrected chi connectivity index (χ1v) is 8.08. The Bertz CT molecular complexity index is 743.